The molecule has 7 heterocycles. The molecule has 11 aromatic carbocycles. The van der Waals surface area contributed by atoms with Crippen LogP contribution in [0.3, 0.4) is 0 Å². The minimum Gasteiger partial charge on any atom is -0.496 e. The van der Waals surface area contributed by atoms with Gasteiger partial charge in [-0.05, 0) is 254 Å². The predicted octanol–water partition coefficient (Wildman–Crippen LogP) is 28.0. The molecular formula is C96H94N6O3S4. The Labute approximate surface area is 656 Å². The first kappa shape index (κ1) is 77.3. The fourth-order valence-electron chi connectivity index (χ4n) is 13.3. The topological polar surface area (TPSA) is 113 Å². The van der Waals surface area contributed by atoms with Crippen molar-refractivity contribution in [2.45, 2.75) is 89.5 Å². The molecule has 550 valence electrons. The van der Waals surface area contributed by atoms with E-state index in [9.17, 15) is 0 Å². The Bertz CT molecular complexity index is 5970. The number of hydrogen-bond donors (Lipinski definition) is 4. The van der Waals surface area contributed by atoms with Crippen LogP contribution in [0.4, 0.5) is 11.4 Å². The van der Waals surface area contributed by atoms with E-state index in [0.717, 1.165) is 79.4 Å². The van der Waals surface area contributed by atoms with Crippen LogP contribution < -0.4 is 19.5 Å². The molecular weight excluding hydrogens is 1410 g/mol. The molecule has 0 aliphatic rings. The first-order chi connectivity index (χ1) is 52.8. The molecule has 0 fully saturated rings. The van der Waals surface area contributed by atoms with Crippen LogP contribution >= 0.6 is 45.7 Å². The molecule has 13 heteroatoms. The van der Waals surface area contributed by atoms with Gasteiger partial charge in [0.2, 0.25) is 0 Å². The molecule has 0 amide bonds. The van der Waals surface area contributed by atoms with E-state index < -0.39 is 0 Å². The number of nitrogens with one attached hydrogen (secondary N) is 4. The molecule has 0 aliphatic carbocycles. The minimum atomic E-state index is 0.851. The summed E-state index contributed by atoms with van der Waals surface area (Å²) < 4.78 is 25.1. The standard InChI is InChI=1S/C22H21NO2.C20H15N3S.C19H17N.C14H13N.C8H10S.C7H10OS.C6H8S/c1-13-5-7-16-17-8-6-15(11-20(17)23-19(16)9-13)18-12-21(24-3)14(2)10-22(18)25-4;1-11-3-6-15-16-8-5-13(10-18(16)21-17(15)9-11)14-7-4-12(2)19-20(14)23-24-22-19;1-3-7-16(8-4-1)15-17-11-13-19(14-12-17)20-18-9-5-2-6-10-18;1-9-3-5-11-12-6-4-10(2)8-14(12)15-13(11)7-9;1-3-4-8-6-5-7(2)9-8;1-5-4-7(8-3)6(2)9-5;1-5-3-4-6(2)7-5/h5-12,23H,1-4H3;3-10,21H,1-2H3;1-14,20H,15H2;3-8,15H,1-2H3;3-6H,1-2H3;4H,1-3H3;3-4H,1-2H3/b;;;;4-3+;;. The molecule has 0 spiro atoms. The largest absolute Gasteiger partial charge is 0.496 e. The molecule has 0 unspecified atom stereocenters. The Morgan fingerprint density at radius 1 is 0.349 bits per heavy atom. The molecule has 18 rings (SSSR count). The van der Waals surface area contributed by atoms with Crippen molar-refractivity contribution in [3.05, 3.63) is 329 Å². The highest BCUT2D eigenvalue weighted by Gasteiger charge is 2.16. The lowest BCUT2D eigenvalue weighted by Crippen LogP contribution is -1.93. The van der Waals surface area contributed by atoms with Gasteiger partial charge in [0.25, 0.3) is 0 Å². The van der Waals surface area contributed by atoms with Crippen molar-refractivity contribution in [2.75, 3.05) is 26.6 Å². The summed E-state index contributed by atoms with van der Waals surface area (Å²) in [4.78, 5) is 18.6. The number of para-hydroxylation sites is 1. The number of thiophene rings is 3. The first-order valence-corrected chi connectivity index (χ1v) is 39.7. The SMILES string of the molecule is C/C=C/c1ccc(C)s1.COc1cc(-c2ccc3c(c2)[nH]c2cc(C)ccc23)c(OC)cc1C.COc1cc(C)sc1C.Cc1ccc(C)s1.Cc1ccc2c(c1)[nH]c1cc(-c3ccc(C)c4nsnc34)ccc12.Cc1ccc2c(c1)[nH]c1cc(C)ccc12.c1ccc(Cc2ccc(Nc3ccccc3)cc2)cc1. The highest BCUT2D eigenvalue weighted by atomic mass is 32.1. The van der Waals surface area contributed by atoms with E-state index in [1.165, 1.54) is 140 Å². The predicted molar refractivity (Wildman–Crippen MR) is 474 cm³/mol. The average molecular weight is 1510 g/mol. The van der Waals surface area contributed by atoms with Gasteiger partial charge in [-0.3, -0.25) is 0 Å². The van der Waals surface area contributed by atoms with Crippen molar-refractivity contribution in [3.63, 3.8) is 0 Å². The third-order valence-corrected chi connectivity index (χ3v) is 22.2. The summed E-state index contributed by atoms with van der Waals surface area (Å²) in [7, 11) is 5.10. The number of aryl methyl sites for hydroxylation is 11. The Balaban J connectivity index is 0.000000124. The highest BCUT2D eigenvalue weighted by molar-refractivity contribution is 7.13. The Morgan fingerprint density at radius 2 is 0.789 bits per heavy atom. The zero-order valence-electron chi connectivity index (χ0n) is 64.8. The Hall–Kier alpha value is -11.3. The average Bonchev–Trinajstić information content (AvgIpc) is 1.65. The third kappa shape index (κ3) is 19.5. The van der Waals surface area contributed by atoms with E-state index in [4.69, 9.17) is 14.2 Å². The van der Waals surface area contributed by atoms with Crippen molar-refractivity contribution in [1.82, 2.24) is 23.7 Å². The van der Waals surface area contributed by atoms with Crippen LogP contribution in [-0.4, -0.2) is 45.0 Å². The van der Waals surface area contributed by atoms with Gasteiger partial charge in [0.1, 0.15) is 28.3 Å². The summed E-state index contributed by atoms with van der Waals surface area (Å²) in [6, 6.07) is 87.6. The fraction of sp³-hybridized carbons (Fsp3) is 0.167. The smallest absolute Gasteiger partial charge is 0.132 e. The molecule has 0 atom stereocenters. The van der Waals surface area contributed by atoms with E-state index in [2.05, 4.69) is 329 Å². The third-order valence-electron chi connectivity index (χ3n) is 18.8. The quantitative estimate of drug-likeness (QED) is 0.109. The van der Waals surface area contributed by atoms with Crippen molar-refractivity contribution in [1.29, 1.82) is 0 Å². The summed E-state index contributed by atoms with van der Waals surface area (Å²) in [6.45, 7) is 25.1. The number of allylic oxidation sites excluding steroid dienone is 1. The van der Waals surface area contributed by atoms with Gasteiger partial charge in [0.15, 0.2) is 0 Å². The number of fused-ring (bicyclic) bond motifs is 10. The summed E-state index contributed by atoms with van der Waals surface area (Å²) in [6.07, 6.45) is 5.16. The normalized spacial score (nSPS) is 10.9. The number of aromatic amines is 3. The van der Waals surface area contributed by atoms with E-state index in [1.807, 2.05) is 66.9 Å². The Kier molecular flexibility index (Phi) is 25.6. The summed E-state index contributed by atoms with van der Waals surface area (Å²) >= 11 is 6.71. The number of aromatic nitrogens is 5. The van der Waals surface area contributed by atoms with E-state index >= 15 is 0 Å². The van der Waals surface area contributed by atoms with Crippen LogP contribution in [0.5, 0.6) is 17.2 Å². The van der Waals surface area contributed by atoms with Gasteiger partial charge in [0.05, 0.1) is 33.1 Å². The number of hydrogen-bond acceptors (Lipinski definition) is 10. The van der Waals surface area contributed by atoms with E-state index in [1.54, 1.807) is 32.7 Å². The number of ether oxygens (including phenoxy) is 3. The van der Waals surface area contributed by atoms with Gasteiger partial charge in [-0.15, -0.1) is 34.0 Å². The van der Waals surface area contributed by atoms with Crippen LogP contribution in [0, 0.1) is 76.2 Å². The van der Waals surface area contributed by atoms with Gasteiger partial charge < -0.3 is 34.5 Å². The lowest BCUT2D eigenvalue weighted by Gasteiger charge is -2.13. The molecule has 9 nitrogen and oxygen atoms in total. The zero-order chi connectivity index (χ0) is 76.7. The van der Waals surface area contributed by atoms with Crippen LogP contribution in [-0.2, 0) is 6.42 Å². The van der Waals surface area contributed by atoms with Gasteiger partial charge >= 0.3 is 0 Å². The Morgan fingerprint density at radius 3 is 1.23 bits per heavy atom. The molecule has 109 heavy (non-hydrogen) atoms. The maximum atomic E-state index is 5.60. The van der Waals surface area contributed by atoms with Crippen molar-refractivity contribution in [3.8, 4) is 39.5 Å². The maximum absolute atomic E-state index is 5.60. The second kappa shape index (κ2) is 36.1. The van der Waals surface area contributed by atoms with E-state index in [-0.39, 0.29) is 0 Å². The van der Waals surface area contributed by atoms with Crippen LogP contribution in [0.25, 0.3) is 105 Å². The molecule has 0 radical (unpaired) electrons. The number of H-pyrrole nitrogens is 3. The van der Waals surface area contributed by atoms with Gasteiger partial charge in [0, 0.05) is 117 Å². The summed E-state index contributed by atoms with van der Waals surface area (Å²) in [5.41, 5.74) is 25.8. The van der Waals surface area contributed by atoms with Crippen LogP contribution in [0.1, 0.15) is 80.7 Å². The van der Waals surface area contributed by atoms with Gasteiger partial charge in [-0.1, -0.05) is 152 Å². The second-order valence-corrected chi connectivity index (χ2v) is 32.2. The maximum Gasteiger partial charge on any atom is 0.132 e. The van der Waals surface area contributed by atoms with Crippen LogP contribution in [0.2, 0.25) is 0 Å². The van der Waals surface area contributed by atoms with Crippen molar-refractivity contribution in [2.24, 2.45) is 0 Å². The first-order valence-electron chi connectivity index (χ1n) is 36.6. The minimum absolute atomic E-state index is 0.851. The highest BCUT2D eigenvalue weighted by Crippen LogP contribution is 2.40. The zero-order valence-corrected chi connectivity index (χ0v) is 68.1. The van der Waals surface area contributed by atoms with Crippen LogP contribution in [0.15, 0.2) is 255 Å². The number of benzene rings is 11. The molecule has 7 aromatic heterocycles. The molecule has 4 N–H and O–H groups in total. The molecule has 18 aromatic rings. The summed E-state index contributed by atoms with van der Waals surface area (Å²) in [5, 5.41) is 11.0. The summed E-state index contributed by atoms with van der Waals surface area (Å²) in [5.74, 6) is 2.73. The number of rotatable bonds is 10. The lowest BCUT2D eigenvalue weighted by molar-refractivity contribution is 0.402. The van der Waals surface area contributed by atoms with Gasteiger partial charge in [-0.25, -0.2) is 0 Å². The molecule has 0 saturated carbocycles. The monoisotopic (exact) mass is 1510 g/mol. The fourth-order valence-corrected chi connectivity index (χ4v) is 16.5. The molecule has 0 bridgehead atoms. The lowest BCUT2D eigenvalue weighted by atomic mass is 10.0. The molecule has 0 saturated heterocycles. The van der Waals surface area contributed by atoms with Crippen molar-refractivity contribution < 1.29 is 14.2 Å². The van der Waals surface area contributed by atoms with Crippen molar-refractivity contribution >= 4 is 140 Å². The van der Waals surface area contributed by atoms with Gasteiger partial charge in [-0.2, -0.15) is 8.75 Å². The number of methoxy groups -OCH3 is 3. The van der Waals surface area contributed by atoms with E-state index in [0.29, 0.717) is 0 Å². The second-order valence-electron chi connectivity index (χ2n) is 27.4. The number of nitrogens with zero attached hydrogens (tertiary/aromatic N) is 2. The number of anilines is 2. The molecule has 0 aliphatic heterocycles.